The second kappa shape index (κ2) is 9.85. The molecule has 0 bridgehead atoms. The average Bonchev–Trinajstić information content (AvgIpc) is 3.06. The molecule has 0 aliphatic heterocycles. The van der Waals surface area contributed by atoms with Gasteiger partial charge in [-0.15, -0.1) is 11.3 Å². The van der Waals surface area contributed by atoms with Crippen LogP contribution in [0, 0.1) is 0 Å². The number of nitrogens with zero attached hydrogens (tertiary/aromatic N) is 2. The molecule has 0 atom stereocenters. The van der Waals surface area contributed by atoms with E-state index >= 15 is 0 Å². The Labute approximate surface area is 139 Å². The lowest BCUT2D eigenvalue weighted by Gasteiger charge is -2.31. The van der Waals surface area contributed by atoms with Gasteiger partial charge in [0.1, 0.15) is 0 Å². The summed E-state index contributed by atoms with van der Waals surface area (Å²) in [7, 11) is 2.26. The molecule has 1 aliphatic carbocycles. The summed E-state index contributed by atoms with van der Waals surface area (Å²) < 4.78 is 0. The van der Waals surface area contributed by atoms with Crippen molar-refractivity contribution in [2.24, 2.45) is 4.99 Å². The Morgan fingerprint density at radius 2 is 2.14 bits per heavy atom. The van der Waals surface area contributed by atoms with Gasteiger partial charge in [0.2, 0.25) is 0 Å². The maximum atomic E-state index is 4.65. The summed E-state index contributed by atoms with van der Waals surface area (Å²) in [5, 5.41) is 8.88. The van der Waals surface area contributed by atoms with E-state index in [1.807, 2.05) is 0 Å². The lowest BCUT2D eigenvalue weighted by molar-refractivity contribution is 0.194. The van der Waals surface area contributed by atoms with E-state index in [0.29, 0.717) is 0 Å². The van der Waals surface area contributed by atoms with Crippen LogP contribution < -0.4 is 10.6 Å². The zero-order chi connectivity index (χ0) is 15.6. The van der Waals surface area contributed by atoms with Crippen LogP contribution in [0.4, 0.5) is 0 Å². The van der Waals surface area contributed by atoms with E-state index in [0.717, 1.165) is 38.2 Å². The van der Waals surface area contributed by atoms with Crippen molar-refractivity contribution in [2.45, 2.75) is 51.6 Å². The molecule has 0 amide bonds. The van der Waals surface area contributed by atoms with Crippen molar-refractivity contribution in [3.8, 4) is 0 Å². The maximum Gasteiger partial charge on any atom is 0.191 e. The van der Waals surface area contributed by atoms with Crippen molar-refractivity contribution in [3.05, 3.63) is 22.4 Å². The first-order valence-corrected chi connectivity index (χ1v) is 9.42. The van der Waals surface area contributed by atoms with Crippen LogP contribution in [0.25, 0.3) is 0 Å². The molecule has 0 radical (unpaired) electrons. The van der Waals surface area contributed by atoms with Gasteiger partial charge in [-0.05, 0) is 38.3 Å². The van der Waals surface area contributed by atoms with E-state index < -0.39 is 0 Å². The first kappa shape index (κ1) is 17.3. The standard InChI is InChI=1S/C17H30N4S/c1-3-18-17(20-14-16-10-7-13-22-16)19-11-12-21(2)15-8-5-4-6-9-15/h7,10,13,15H,3-6,8-9,11-12,14H2,1-2H3,(H2,18,19,20). The Bertz CT molecular complexity index is 424. The lowest BCUT2D eigenvalue weighted by atomic mass is 9.94. The highest BCUT2D eigenvalue weighted by Crippen LogP contribution is 2.21. The monoisotopic (exact) mass is 322 g/mol. The Kier molecular flexibility index (Phi) is 7.74. The Balaban J connectivity index is 1.72. The highest BCUT2D eigenvalue weighted by atomic mass is 32.1. The number of guanidine groups is 1. The first-order valence-electron chi connectivity index (χ1n) is 8.54. The van der Waals surface area contributed by atoms with E-state index in [1.54, 1.807) is 11.3 Å². The molecule has 2 N–H and O–H groups in total. The fourth-order valence-corrected chi connectivity index (χ4v) is 3.58. The van der Waals surface area contributed by atoms with Gasteiger partial charge >= 0.3 is 0 Å². The van der Waals surface area contributed by atoms with Crippen LogP contribution in [0.3, 0.4) is 0 Å². The molecule has 4 nitrogen and oxygen atoms in total. The minimum Gasteiger partial charge on any atom is -0.357 e. The summed E-state index contributed by atoms with van der Waals surface area (Å²) in [5.41, 5.74) is 0. The summed E-state index contributed by atoms with van der Waals surface area (Å²) in [6, 6.07) is 4.99. The highest BCUT2D eigenvalue weighted by molar-refractivity contribution is 7.09. The molecule has 1 aromatic heterocycles. The number of rotatable bonds is 7. The Morgan fingerprint density at radius 1 is 1.32 bits per heavy atom. The van der Waals surface area contributed by atoms with Crippen molar-refractivity contribution in [2.75, 3.05) is 26.7 Å². The number of nitrogens with one attached hydrogen (secondary N) is 2. The van der Waals surface area contributed by atoms with Gasteiger partial charge < -0.3 is 15.5 Å². The van der Waals surface area contributed by atoms with E-state index in [4.69, 9.17) is 0 Å². The summed E-state index contributed by atoms with van der Waals surface area (Å²) in [4.78, 5) is 8.46. The van der Waals surface area contributed by atoms with Gasteiger partial charge in [0, 0.05) is 30.6 Å². The van der Waals surface area contributed by atoms with Gasteiger partial charge in [0.25, 0.3) is 0 Å². The number of hydrogen-bond acceptors (Lipinski definition) is 3. The predicted octanol–water partition coefficient (Wildman–Crippen LogP) is 3.07. The third-order valence-corrected chi connectivity index (χ3v) is 5.13. The second-order valence-corrected chi connectivity index (χ2v) is 7.01. The average molecular weight is 323 g/mol. The van der Waals surface area contributed by atoms with E-state index in [-0.39, 0.29) is 0 Å². The molecule has 0 saturated heterocycles. The summed E-state index contributed by atoms with van der Waals surface area (Å²) >= 11 is 1.76. The highest BCUT2D eigenvalue weighted by Gasteiger charge is 2.17. The largest absolute Gasteiger partial charge is 0.357 e. The molecular formula is C17H30N4S. The van der Waals surface area contributed by atoms with Crippen molar-refractivity contribution >= 4 is 17.3 Å². The predicted molar refractivity (Wildman–Crippen MR) is 96.6 cm³/mol. The number of hydrogen-bond donors (Lipinski definition) is 2. The lowest BCUT2D eigenvalue weighted by Crippen LogP contribution is -2.43. The van der Waals surface area contributed by atoms with Gasteiger partial charge in [-0.25, -0.2) is 4.99 Å². The minimum absolute atomic E-state index is 0.755. The fraction of sp³-hybridized carbons (Fsp3) is 0.706. The van der Waals surface area contributed by atoms with Crippen molar-refractivity contribution in [3.63, 3.8) is 0 Å². The van der Waals surface area contributed by atoms with Gasteiger partial charge in [0.15, 0.2) is 5.96 Å². The van der Waals surface area contributed by atoms with E-state index in [2.05, 4.69) is 52.0 Å². The van der Waals surface area contributed by atoms with Crippen LogP contribution in [0.1, 0.15) is 43.9 Å². The molecule has 124 valence electrons. The molecular weight excluding hydrogens is 292 g/mol. The molecule has 22 heavy (non-hydrogen) atoms. The normalized spacial score (nSPS) is 17.0. The summed E-state index contributed by atoms with van der Waals surface area (Å²) in [6.07, 6.45) is 6.94. The number of aliphatic imine (C=N–C) groups is 1. The molecule has 1 aromatic rings. The van der Waals surface area contributed by atoms with Crippen LogP contribution >= 0.6 is 11.3 Å². The van der Waals surface area contributed by atoms with Gasteiger partial charge in [-0.2, -0.15) is 0 Å². The first-order chi connectivity index (χ1) is 10.8. The van der Waals surface area contributed by atoms with Crippen LogP contribution in [0.15, 0.2) is 22.5 Å². The van der Waals surface area contributed by atoms with Gasteiger partial charge in [0.05, 0.1) is 6.54 Å². The van der Waals surface area contributed by atoms with Crippen LogP contribution in [-0.4, -0.2) is 43.6 Å². The minimum atomic E-state index is 0.755. The molecule has 2 rings (SSSR count). The van der Waals surface area contributed by atoms with Crippen molar-refractivity contribution < 1.29 is 0 Å². The van der Waals surface area contributed by atoms with Crippen LogP contribution in [0.2, 0.25) is 0 Å². The zero-order valence-electron chi connectivity index (χ0n) is 14.0. The summed E-state index contributed by atoms with van der Waals surface area (Å²) in [6.45, 7) is 5.79. The SMILES string of the molecule is CCNC(=NCc1cccs1)NCCN(C)C1CCCCC1. The van der Waals surface area contributed by atoms with Gasteiger partial charge in [-0.3, -0.25) is 0 Å². The van der Waals surface area contributed by atoms with Gasteiger partial charge in [-0.1, -0.05) is 25.3 Å². The quantitative estimate of drug-likeness (QED) is 0.599. The van der Waals surface area contributed by atoms with Crippen LogP contribution in [-0.2, 0) is 6.54 Å². The Morgan fingerprint density at radius 3 is 2.82 bits per heavy atom. The molecule has 1 fully saturated rings. The molecule has 0 spiro atoms. The maximum absolute atomic E-state index is 4.65. The van der Waals surface area contributed by atoms with Crippen molar-refractivity contribution in [1.29, 1.82) is 0 Å². The van der Waals surface area contributed by atoms with E-state index in [9.17, 15) is 0 Å². The molecule has 5 heteroatoms. The summed E-state index contributed by atoms with van der Waals surface area (Å²) in [5.74, 6) is 0.924. The van der Waals surface area contributed by atoms with E-state index in [1.165, 1.54) is 37.0 Å². The third kappa shape index (κ3) is 5.97. The fourth-order valence-electron chi connectivity index (χ4n) is 2.96. The Hall–Kier alpha value is -1.07. The second-order valence-electron chi connectivity index (χ2n) is 5.97. The molecule has 1 saturated carbocycles. The smallest absolute Gasteiger partial charge is 0.191 e. The topological polar surface area (TPSA) is 39.7 Å². The third-order valence-electron chi connectivity index (χ3n) is 4.27. The molecule has 1 aliphatic rings. The van der Waals surface area contributed by atoms with Crippen LogP contribution in [0.5, 0.6) is 0 Å². The van der Waals surface area contributed by atoms with Crippen molar-refractivity contribution in [1.82, 2.24) is 15.5 Å². The zero-order valence-corrected chi connectivity index (χ0v) is 14.8. The molecule has 0 unspecified atom stereocenters. The number of thiophene rings is 1. The molecule has 0 aromatic carbocycles. The molecule has 1 heterocycles. The number of likely N-dealkylation sites (N-methyl/N-ethyl adjacent to an activating group) is 1.